The van der Waals surface area contributed by atoms with Gasteiger partial charge in [0.25, 0.3) is 5.91 Å². The number of carbonyl (C=O) groups excluding carboxylic acids is 1. The highest BCUT2D eigenvalue weighted by molar-refractivity contribution is 7.89. The van der Waals surface area contributed by atoms with E-state index in [1.165, 1.54) is 6.26 Å². The summed E-state index contributed by atoms with van der Waals surface area (Å²) in [6.45, 7) is 5.40. The average Bonchev–Trinajstić information content (AvgIpc) is 3.01. The molecule has 2 rings (SSSR count). The summed E-state index contributed by atoms with van der Waals surface area (Å²) < 4.78 is 30.3. The van der Waals surface area contributed by atoms with E-state index in [9.17, 15) is 13.2 Å². The van der Waals surface area contributed by atoms with E-state index in [1.54, 1.807) is 24.0 Å². The first-order chi connectivity index (χ1) is 10.0. The topological polar surface area (TPSA) is 82.9 Å². The van der Waals surface area contributed by atoms with Crippen LogP contribution in [0.15, 0.2) is 22.8 Å². The summed E-state index contributed by atoms with van der Waals surface area (Å²) in [6, 6.07) is 3.36. The SMILES string of the molecule is CCS(=O)(=O)NCCN1CCN(C(=O)c2ccco2)CC1. The van der Waals surface area contributed by atoms with E-state index in [-0.39, 0.29) is 11.7 Å². The fourth-order valence-corrected chi connectivity index (χ4v) is 2.80. The van der Waals surface area contributed by atoms with E-state index in [0.717, 1.165) is 13.1 Å². The van der Waals surface area contributed by atoms with Crippen molar-refractivity contribution in [2.24, 2.45) is 0 Å². The third kappa shape index (κ3) is 4.55. The minimum absolute atomic E-state index is 0.0914. The molecule has 0 unspecified atom stereocenters. The maximum Gasteiger partial charge on any atom is 0.289 e. The van der Waals surface area contributed by atoms with E-state index in [1.807, 2.05) is 0 Å². The Kier molecular flexibility index (Phi) is 5.38. The molecule has 1 N–H and O–H groups in total. The summed E-state index contributed by atoms with van der Waals surface area (Å²) in [5, 5.41) is 0. The summed E-state index contributed by atoms with van der Waals surface area (Å²) in [4.78, 5) is 16.0. The van der Waals surface area contributed by atoms with E-state index in [4.69, 9.17) is 4.42 Å². The van der Waals surface area contributed by atoms with Crippen LogP contribution in [0, 0.1) is 0 Å². The molecular formula is C13H21N3O4S. The molecule has 2 heterocycles. The second-order valence-corrected chi connectivity index (χ2v) is 7.00. The van der Waals surface area contributed by atoms with Crippen LogP contribution in [0.3, 0.4) is 0 Å². The van der Waals surface area contributed by atoms with E-state index >= 15 is 0 Å². The van der Waals surface area contributed by atoms with Gasteiger partial charge in [-0.1, -0.05) is 0 Å². The van der Waals surface area contributed by atoms with Gasteiger partial charge in [0.15, 0.2) is 5.76 Å². The van der Waals surface area contributed by atoms with Crippen molar-refractivity contribution in [3.8, 4) is 0 Å². The second kappa shape index (κ2) is 7.06. The van der Waals surface area contributed by atoms with Crippen LogP contribution in [0.2, 0.25) is 0 Å². The number of hydrogen-bond acceptors (Lipinski definition) is 5. The lowest BCUT2D eigenvalue weighted by Gasteiger charge is -2.34. The van der Waals surface area contributed by atoms with E-state index in [2.05, 4.69) is 9.62 Å². The fraction of sp³-hybridized carbons (Fsp3) is 0.615. The Morgan fingerprint density at radius 2 is 2.05 bits per heavy atom. The van der Waals surface area contributed by atoms with Crippen LogP contribution < -0.4 is 4.72 Å². The first-order valence-corrected chi connectivity index (χ1v) is 8.69. The van der Waals surface area contributed by atoms with Crippen LogP contribution in [0.25, 0.3) is 0 Å². The largest absolute Gasteiger partial charge is 0.459 e. The number of carbonyl (C=O) groups is 1. The molecule has 0 aromatic carbocycles. The Morgan fingerprint density at radius 3 is 2.62 bits per heavy atom. The molecule has 0 bridgehead atoms. The first kappa shape index (κ1) is 16.0. The first-order valence-electron chi connectivity index (χ1n) is 7.04. The molecule has 0 saturated carbocycles. The number of amides is 1. The molecule has 1 saturated heterocycles. The second-order valence-electron chi connectivity index (χ2n) is 4.91. The Labute approximate surface area is 124 Å². The zero-order valence-electron chi connectivity index (χ0n) is 12.1. The molecule has 118 valence electrons. The standard InChI is InChI=1S/C13H21N3O4S/c1-2-21(18,19)14-5-6-15-7-9-16(10-8-15)13(17)12-4-3-11-20-12/h3-4,11,14H,2,5-10H2,1H3. The van der Waals surface area contributed by atoms with Gasteiger partial charge >= 0.3 is 0 Å². The van der Waals surface area contributed by atoms with Crippen LogP contribution in [0.4, 0.5) is 0 Å². The van der Waals surface area contributed by atoms with Crippen LogP contribution >= 0.6 is 0 Å². The van der Waals surface area contributed by atoms with Crippen molar-refractivity contribution in [2.45, 2.75) is 6.92 Å². The Bertz CT molecular complexity index is 548. The number of hydrogen-bond donors (Lipinski definition) is 1. The zero-order chi connectivity index (χ0) is 15.3. The maximum atomic E-state index is 12.1. The van der Waals surface area contributed by atoms with Crippen molar-refractivity contribution in [3.63, 3.8) is 0 Å². The molecule has 0 spiro atoms. The highest BCUT2D eigenvalue weighted by Gasteiger charge is 2.23. The molecule has 1 aliphatic rings. The van der Waals surface area contributed by atoms with Gasteiger partial charge in [-0.3, -0.25) is 9.69 Å². The van der Waals surface area contributed by atoms with Gasteiger partial charge in [0.1, 0.15) is 0 Å². The Hall–Kier alpha value is -1.38. The molecule has 7 nitrogen and oxygen atoms in total. The molecule has 21 heavy (non-hydrogen) atoms. The van der Waals surface area contributed by atoms with Gasteiger partial charge in [-0.25, -0.2) is 13.1 Å². The highest BCUT2D eigenvalue weighted by Crippen LogP contribution is 2.09. The van der Waals surface area contributed by atoms with Crippen LogP contribution in [0.5, 0.6) is 0 Å². The molecule has 1 amide bonds. The summed E-state index contributed by atoms with van der Waals surface area (Å²) in [7, 11) is -3.13. The van der Waals surface area contributed by atoms with E-state index in [0.29, 0.717) is 31.9 Å². The minimum atomic E-state index is -3.13. The molecule has 8 heteroatoms. The number of piperazine rings is 1. The van der Waals surface area contributed by atoms with Crippen LogP contribution in [-0.2, 0) is 10.0 Å². The van der Waals surface area contributed by atoms with Gasteiger partial charge < -0.3 is 9.32 Å². The zero-order valence-corrected chi connectivity index (χ0v) is 12.9. The Morgan fingerprint density at radius 1 is 1.33 bits per heavy atom. The van der Waals surface area contributed by atoms with Crippen molar-refractivity contribution in [3.05, 3.63) is 24.2 Å². The number of nitrogens with one attached hydrogen (secondary N) is 1. The number of rotatable bonds is 6. The predicted octanol–water partition coefficient (Wildman–Crippen LogP) is -0.0233. The lowest BCUT2D eigenvalue weighted by atomic mass is 10.3. The molecule has 1 aromatic rings. The summed E-state index contributed by atoms with van der Waals surface area (Å²) >= 11 is 0. The number of nitrogens with zero attached hydrogens (tertiary/aromatic N) is 2. The summed E-state index contributed by atoms with van der Waals surface area (Å²) in [5.41, 5.74) is 0. The van der Waals surface area contributed by atoms with Crippen molar-refractivity contribution in [1.82, 2.24) is 14.5 Å². The normalized spacial score (nSPS) is 17.1. The number of sulfonamides is 1. The fourth-order valence-electron chi connectivity index (χ4n) is 2.19. The van der Waals surface area contributed by atoms with E-state index < -0.39 is 10.0 Å². The third-order valence-electron chi connectivity index (χ3n) is 3.52. The summed E-state index contributed by atoms with van der Waals surface area (Å²) in [6.07, 6.45) is 1.49. The quantitative estimate of drug-likeness (QED) is 0.797. The van der Waals surface area contributed by atoms with Gasteiger partial charge in [0.2, 0.25) is 10.0 Å². The molecule has 0 atom stereocenters. The molecule has 1 aliphatic heterocycles. The van der Waals surface area contributed by atoms with Crippen molar-refractivity contribution in [2.75, 3.05) is 45.0 Å². The van der Waals surface area contributed by atoms with Crippen molar-refractivity contribution >= 4 is 15.9 Å². The molecule has 1 fully saturated rings. The smallest absolute Gasteiger partial charge is 0.289 e. The minimum Gasteiger partial charge on any atom is -0.459 e. The lowest BCUT2D eigenvalue weighted by Crippen LogP contribution is -2.50. The monoisotopic (exact) mass is 315 g/mol. The molecule has 0 aliphatic carbocycles. The number of furan rings is 1. The van der Waals surface area contributed by atoms with Gasteiger partial charge in [0.05, 0.1) is 12.0 Å². The maximum absolute atomic E-state index is 12.1. The highest BCUT2D eigenvalue weighted by atomic mass is 32.2. The lowest BCUT2D eigenvalue weighted by molar-refractivity contribution is 0.0609. The molecule has 0 radical (unpaired) electrons. The Balaban J connectivity index is 1.72. The van der Waals surface area contributed by atoms with Gasteiger partial charge in [-0.2, -0.15) is 0 Å². The third-order valence-corrected chi connectivity index (χ3v) is 4.93. The predicted molar refractivity (Wildman–Crippen MR) is 78.5 cm³/mol. The van der Waals surface area contributed by atoms with Crippen LogP contribution in [-0.4, -0.2) is 69.1 Å². The molecule has 1 aromatic heterocycles. The van der Waals surface area contributed by atoms with Crippen LogP contribution in [0.1, 0.15) is 17.5 Å². The van der Waals surface area contributed by atoms with Gasteiger partial charge in [0, 0.05) is 39.3 Å². The van der Waals surface area contributed by atoms with Crippen molar-refractivity contribution in [1.29, 1.82) is 0 Å². The molecular weight excluding hydrogens is 294 g/mol. The van der Waals surface area contributed by atoms with Crippen molar-refractivity contribution < 1.29 is 17.6 Å². The average molecular weight is 315 g/mol. The van der Waals surface area contributed by atoms with Gasteiger partial charge in [-0.05, 0) is 19.1 Å². The van der Waals surface area contributed by atoms with Gasteiger partial charge in [-0.15, -0.1) is 0 Å². The summed E-state index contributed by atoms with van der Waals surface area (Å²) in [5.74, 6) is 0.365.